The van der Waals surface area contributed by atoms with Crippen LogP contribution in [0.25, 0.3) is 0 Å². The zero-order chi connectivity index (χ0) is 27.1. The summed E-state index contributed by atoms with van der Waals surface area (Å²) in [5.41, 5.74) is 1.68. The first kappa shape index (κ1) is 26.3. The van der Waals surface area contributed by atoms with Crippen molar-refractivity contribution in [1.82, 2.24) is 9.88 Å². The van der Waals surface area contributed by atoms with Crippen molar-refractivity contribution in [2.24, 2.45) is 5.92 Å². The maximum absolute atomic E-state index is 13.7. The molecule has 1 aromatic carbocycles. The largest absolute Gasteiger partial charge is 0.338 e. The highest BCUT2D eigenvalue weighted by atomic mass is 32.2. The lowest BCUT2D eigenvalue weighted by Gasteiger charge is -2.16. The van der Waals surface area contributed by atoms with Crippen LogP contribution < -0.4 is 10.6 Å². The average molecular weight is 523 g/mol. The molecule has 2 amide bonds. The summed E-state index contributed by atoms with van der Waals surface area (Å²) < 4.78 is 15.5. The molecule has 9 nitrogen and oxygen atoms in total. The van der Waals surface area contributed by atoms with Crippen LogP contribution in [-0.4, -0.2) is 38.3 Å². The van der Waals surface area contributed by atoms with Crippen molar-refractivity contribution in [3.63, 3.8) is 0 Å². The first-order chi connectivity index (χ1) is 17.7. The van der Waals surface area contributed by atoms with Crippen LogP contribution in [0.1, 0.15) is 76.8 Å². The van der Waals surface area contributed by atoms with E-state index in [0.717, 1.165) is 29.8 Å². The van der Waals surface area contributed by atoms with Gasteiger partial charge in [0.1, 0.15) is 17.6 Å². The second-order valence-electron chi connectivity index (χ2n) is 9.12. The van der Waals surface area contributed by atoms with Crippen LogP contribution >= 0.6 is 11.8 Å². The van der Waals surface area contributed by atoms with E-state index in [9.17, 15) is 18.8 Å². The number of hydrogen-bond donors (Lipinski definition) is 4. The Labute approximate surface area is 217 Å². The molecular weight excluding hydrogens is 495 g/mol. The average Bonchev–Trinajstić information content (AvgIpc) is 3.78. The Morgan fingerprint density at radius 1 is 1.30 bits per heavy atom. The highest BCUT2D eigenvalue weighted by Crippen LogP contribution is 2.54. The van der Waals surface area contributed by atoms with Gasteiger partial charge in [0.25, 0.3) is 17.6 Å². The number of anilines is 1. The second-order valence-corrected chi connectivity index (χ2v) is 10.0. The number of carbonyl (C=O) groups excluding carboxylic acids is 3. The lowest BCUT2D eigenvalue weighted by Crippen LogP contribution is -2.45. The quantitative estimate of drug-likeness (QED) is 0.184. The molecule has 2 unspecified atom stereocenters. The molecule has 37 heavy (non-hydrogen) atoms. The molecule has 0 radical (unpaired) electrons. The zero-order valence-corrected chi connectivity index (χ0v) is 21.5. The number of halogens is 1. The van der Waals surface area contributed by atoms with E-state index in [4.69, 9.17) is 16.1 Å². The van der Waals surface area contributed by atoms with Crippen LogP contribution in [-0.2, 0) is 11.2 Å². The smallest absolute Gasteiger partial charge is 0.293 e. The summed E-state index contributed by atoms with van der Waals surface area (Å²) in [4.78, 5) is 39.5. The number of nitriles is 1. The molecule has 2 fully saturated rings. The van der Waals surface area contributed by atoms with E-state index in [0.29, 0.717) is 36.4 Å². The maximum Gasteiger partial charge on any atom is 0.293 e. The van der Waals surface area contributed by atoms with E-state index >= 15 is 0 Å². The van der Waals surface area contributed by atoms with Gasteiger partial charge in [-0.1, -0.05) is 25.6 Å². The van der Waals surface area contributed by atoms with Crippen LogP contribution in [0.15, 0.2) is 18.2 Å². The summed E-state index contributed by atoms with van der Waals surface area (Å²) in [6, 6.07) is 5.52. The number of benzene rings is 1. The minimum atomic E-state index is -0.908. The van der Waals surface area contributed by atoms with Gasteiger partial charge in [0, 0.05) is 17.4 Å². The number of rotatable bonds is 7. The fourth-order valence-electron chi connectivity index (χ4n) is 4.91. The number of aromatic nitrogens is 1. The molecule has 2 aromatic rings. The molecule has 4 N–H and O–H groups in total. The van der Waals surface area contributed by atoms with Crippen LogP contribution in [0.3, 0.4) is 0 Å². The van der Waals surface area contributed by atoms with Crippen molar-refractivity contribution in [2.75, 3.05) is 5.32 Å². The van der Waals surface area contributed by atoms with Crippen molar-refractivity contribution in [3.8, 4) is 6.07 Å². The number of ketones is 1. The molecule has 2 aliphatic carbocycles. The van der Waals surface area contributed by atoms with E-state index in [1.807, 2.05) is 18.4 Å². The summed E-state index contributed by atoms with van der Waals surface area (Å²) in [6.45, 7) is 5.63. The first-order valence-corrected chi connectivity index (χ1v) is 12.9. The Kier molecular flexibility index (Phi) is 7.06. The van der Waals surface area contributed by atoms with E-state index in [-0.39, 0.29) is 33.6 Å². The molecule has 192 valence electrons. The summed E-state index contributed by atoms with van der Waals surface area (Å²) >= 11 is 0.890. The Morgan fingerprint density at radius 3 is 2.62 bits per heavy atom. The van der Waals surface area contributed by atoms with E-state index in [1.165, 1.54) is 12.1 Å². The molecule has 0 bridgehead atoms. The Hall–Kier alpha value is -3.78. The predicted octanol–water partition coefficient (Wildman–Crippen LogP) is 4.35. The number of hydrogen-bond acceptors (Lipinski definition) is 7. The first-order valence-electron chi connectivity index (χ1n) is 12.1. The van der Waals surface area contributed by atoms with Crippen molar-refractivity contribution in [2.45, 2.75) is 58.0 Å². The van der Waals surface area contributed by atoms with Gasteiger partial charge in [-0.3, -0.25) is 19.8 Å². The third kappa shape index (κ3) is 4.57. The van der Waals surface area contributed by atoms with Gasteiger partial charge in [0.15, 0.2) is 0 Å². The van der Waals surface area contributed by atoms with E-state index < -0.39 is 29.0 Å². The molecule has 1 aliphatic heterocycles. The van der Waals surface area contributed by atoms with Gasteiger partial charge in [0.05, 0.1) is 27.3 Å². The van der Waals surface area contributed by atoms with Crippen molar-refractivity contribution < 1.29 is 18.8 Å². The summed E-state index contributed by atoms with van der Waals surface area (Å²) in [5.74, 6) is -2.47. The highest BCUT2D eigenvalue weighted by molar-refractivity contribution is 8.25. The molecule has 3 aliphatic rings. The number of nitrogens with one attached hydrogen (secondary N) is 4. The van der Waals surface area contributed by atoms with Gasteiger partial charge < -0.3 is 20.6 Å². The molecule has 11 heteroatoms. The summed E-state index contributed by atoms with van der Waals surface area (Å²) in [6.07, 6.45) is 2.53. The Bertz CT molecular complexity index is 1390. The number of Topliss-reactive ketones (excluding diaryl/α,β-unsaturated/α-hetero) is 1. The van der Waals surface area contributed by atoms with Crippen LogP contribution in [0.5, 0.6) is 0 Å². The number of fused-ring (bicyclic) bond motifs is 3. The maximum atomic E-state index is 13.7. The van der Waals surface area contributed by atoms with Gasteiger partial charge in [-0.05, 0) is 62.3 Å². The van der Waals surface area contributed by atoms with Crippen LogP contribution in [0.2, 0.25) is 0 Å². The molecule has 1 aromatic heterocycles. The minimum Gasteiger partial charge on any atom is -0.338 e. The fraction of sp³-hybridized carbons (Fsp3) is 0.385. The molecular formula is C26H27FN6O3S. The van der Waals surface area contributed by atoms with Crippen molar-refractivity contribution in [1.29, 1.82) is 16.1 Å². The normalized spacial score (nSPS) is 19.2. The number of carbonyl (C=O) groups is 3. The van der Waals surface area contributed by atoms with Crippen LogP contribution in [0.4, 0.5) is 10.1 Å². The predicted molar refractivity (Wildman–Crippen MR) is 139 cm³/mol. The van der Waals surface area contributed by atoms with Gasteiger partial charge in [-0.2, -0.15) is 5.26 Å². The molecule has 5 rings (SSSR count). The third-order valence-electron chi connectivity index (χ3n) is 6.93. The minimum absolute atomic E-state index is 0.0869. The van der Waals surface area contributed by atoms with Gasteiger partial charge in [0.2, 0.25) is 0 Å². The number of amides is 2. The molecule has 2 saturated carbocycles. The lowest BCUT2D eigenvalue weighted by atomic mass is 10.0. The third-order valence-corrected chi connectivity index (χ3v) is 7.67. The number of nitrogens with zero attached hydrogens (tertiary/aromatic N) is 2. The molecule has 2 heterocycles. The van der Waals surface area contributed by atoms with Crippen molar-refractivity contribution >= 4 is 45.6 Å². The van der Waals surface area contributed by atoms with E-state index in [2.05, 4.69) is 10.6 Å². The fourth-order valence-corrected chi connectivity index (χ4v) is 5.50. The molecule has 0 spiro atoms. The zero-order valence-electron chi connectivity index (χ0n) is 20.7. The topological polar surface area (TPSA) is 152 Å². The Balaban J connectivity index is 0.00000156. The Morgan fingerprint density at radius 2 is 2.00 bits per heavy atom. The SMILES string of the molecule is CC.Cc1c(C(=O)C(=O)NC2(C(=N)SC=N)CC2)c2n(c1C(=O)Nc1ccc(F)c(C#N)c1)C1CC1C2. The standard InChI is InChI=1S/C24H21FN6O3S.C2H6/c1-11-18(20(32)22(34)30-24(4-5-24)23(28)35-10-27)17-8-12-7-16(12)31(17)19(11)21(33)29-14-2-3-15(25)13(6-14)9-26;1-2/h2-3,6,10,12,16,27-28H,4-5,7-8H2,1H3,(H,29,33)(H,30,34);1-2H3. The van der Waals surface area contributed by atoms with Gasteiger partial charge >= 0.3 is 0 Å². The lowest BCUT2D eigenvalue weighted by molar-refractivity contribution is -0.117. The monoisotopic (exact) mass is 522 g/mol. The van der Waals surface area contributed by atoms with Crippen LogP contribution in [0, 0.1) is 40.8 Å². The number of thioether (sulfide) groups is 1. The summed E-state index contributed by atoms with van der Waals surface area (Å²) in [5, 5.41) is 29.8. The van der Waals surface area contributed by atoms with E-state index in [1.54, 1.807) is 13.0 Å². The molecule has 0 saturated heterocycles. The second kappa shape index (κ2) is 9.94. The summed E-state index contributed by atoms with van der Waals surface area (Å²) in [7, 11) is 0. The molecule has 2 atom stereocenters. The highest BCUT2D eigenvalue weighted by Gasteiger charge is 2.52. The van der Waals surface area contributed by atoms with Gasteiger partial charge in [-0.15, -0.1) is 0 Å². The van der Waals surface area contributed by atoms with Crippen molar-refractivity contribution in [3.05, 3.63) is 52.1 Å². The van der Waals surface area contributed by atoms with Gasteiger partial charge in [-0.25, -0.2) is 4.39 Å².